The molecular formula is C24H23IO6. The molecule has 0 saturated heterocycles. The molecule has 0 aliphatic rings. The third-order valence-corrected chi connectivity index (χ3v) is 5.41. The molecule has 1 aromatic heterocycles. The molecule has 0 spiro atoms. The van der Waals surface area contributed by atoms with Crippen molar-refractivity contribution in [3.63, 3.8) is 0 Å². The van der Waals surface area contributed by atoms with Gasteiger partial charge in [-0.1, -0.05) is 17.7 Å². The molecule has 7 heteroatoms. The topological polar surface area (TPSA) is 111 Å². The minimum absolute atomic E-state index is 0.0339. The second-order valence-corrected chi connectivity index (χ2v) is 9.22. The van der Waals surface area contributed by atoms with Crippen LogP contribution in [0.15, 0.2) is 55.0 Å². The Morgan fingerprint density at radius 1 is 0.935 bits per heavy atom. The highest BCUT2D eigenvalue weighted by Crippen LogP contribution is 2.39. The van der Waals surface area contributed by atoms with Gasteiger partial charge in [-0.3, -0.25) is 4.79 Å². The van der Waals surface area contributed by atoms with E-state index in [-0.39, 0.29) is 69.1 Å². The molecule has 0 amide bonds. The maximum atomic E-state index is 13.3. The minimum atomic E-state index is -0.551. The van der Waals surface area contributed by atoms with Gasteiger partial charge in [-0.2, -0.15) is 0 Å². The van der Waals surface area contributed by atoms with Crippen LogP contribution in [0.25, 0.3) is 22.1 Å². The van der Waals surface area contributed by atoms with Crippen molar-refractivity contribution in [1.29, 1.82) is 0 Å². The first-order valence-corrected chi connectivity index (χ1v) is 10.7. The molecule has 6 nitrogen and oxygen atoms in total. The molecular weight excluding hydrogens is 511 g/mol. The summed E-state index contributed by atoms with van der Waals surface area (Å²) in [6.45, 7) is 5.67. The van der Waals surface area contributed by atoms with E-state index < -0.39 is 5.43 Å². The fraction of sp³-hybridized carbons (Fsp3) is 0.208. The van der Waals surface area contributed by atoms with Crippen LogP contribution >= 0.6 is 22.6 Å². The SMILES string of the molecule is CC(C)=CCc1c(O)cc2occ(-c3ccc(O)c(C/C=C(\C)I)c3O)c(=O)c2c1O. The van der Waals surface area contributed by atoms with Crippen LogP contribution in [0.5, 0.6) is 23.0 Å². The number of fused-ring (bicyclic) bond motifs is 1. The molecule has 2 aromatic carbocycles. The van der Waals surface area contributed by atoms with Crippen molar-refractivity contribution in [1.82, 2.24) is 0 Å². The first-order chi connectivity index (χ1) is 14.6. The number of hydrogen-bond acceptors (Lipinski definition) is 6. The average molecular weight is 534 g/mol. The highest BCUT2D eigenvalue weighted by molar-refractivity contribution is 14.1. The number of halogens is 1. The van der Waals surface area contributed by atoms with E-state index in [1.807, 2.05) is 32.9 Å². The Morgan fingerprint density at radius 3 is 2.23 bits per heavy atom. The van der Waals surface area contributed by atoms with Crippen molar-refractivity contribution in [2.24, 2.45) is 0 Å². The largest absolute Gasteiger partial charge is 0.508 e. The van der Waals surface area contributed by atoms with Gasteiger partial charge in [-0.05, 0) is 71.9 Å². The Bertz CT molecular complexity index is 1280. The maximum absolute atomic E-state index is 13.3. The number of rotatable bonds is 5. The van der Waals surface area contributed by atoms with Gasteiger partial charge in [-0.25, -0.2) is 0 Å². The van der Waals surface area contributed by atoms with E-state index in [0.29, 0.717) is 0 Å². The first-order valence-electron chi connectivity index (χ1n) is 9.61. The van der Waals surface area contributed by atoms with Gasteiger partial charge in [0.1, 0.15) is 40.2 Å². The van der Waals surface area contributed by atoms with E-state index in [1.165, 1.54) is 24.5 Å². The van der Waals surface area contributed by atoms with E-state index in [9.17, 15) is 25.2 Å². The van der Waals surface area contributed by atoms with E-state index >= 15 is 0 Å². The molecule has 3 aromatic rings. The zero-order valence-electron chi connectivity index (χ0n) is 17.4. The molecule has 162 valence electrons. The normalized spacial score (nSPS) is 11.7. The summed E-state index contributed by atoms with van der Waals surface area (Å²) in [6, 6.07) is 4.13. The minimum Gasteiger partial charge on any atom is -0.508 e. The van der Waals surface area contributed by atoms with Crippen molar-refractivity contribution in [3.05, 3.63) is 67.1 Å². The molecule has 1 heterocycles. The predicted molar refractivity (Wildman–Crippen MR) is 129 cm³/mol. The van der Waals surface area contributed by atoms with E-state index in [2.05, 4.69) is 22.6 Å². The summed E-state index contributed by atoms with van der Waals surface area (Å²) in [5.74, 6) is -0.847. The van der Waals surface area contributed by atoms with Crippen molar-refractivity contribution in [2.45, 2.75) is 33.6 Å². The van der Waals surface area contributed by atoms with Crippen molar-refractivity contribution >= 4 is 33.6 Å². The molecule has 0 atom stereocenters. The standard InChI is InChI=1S/C24H23IO6/c1-12(2)4-6-16-19(27)10-20-21(23(16)29)24(30)17(11-31-20)14-8-9-18(26)15(22(14)28)7-5-13(3)25/h4-5,8-11,26-29H,6-7H2,1-3H3/b13-5+. The summed E-state index contributed by atoms with van der Waals surface area (Å²) in [6.07, 6.45) is 5.37. The molecule has 0 saturated carbocycles. The molecule has 3 rings (SSSR count). The van der Waals surface area contributed by atoms with Crippen LogP contribution in [0.3, 0.4) is 0 Å². The Kier molecular flexibility index (Phi) is 6.64. The van der Waals surface area contributed by atoms with Gasteiger partial charge < -0.3 is 24.8 Å². The molecule has 0 bridgehead atoms. The molecule has 0 unspecified atom stereocenters. The monoisotopic (exact) mass is 534 g/mol. The van der Waals surface area contributed by atoms with Gasteiger partial charge in [0.25, 0.3) is 0 Å². The zero-order valence-corrected chi connectivity index (χ0v) is 19.5. The molecule has 0 radical (unpaired) electrons. The molecule has 0 aliphatic carbocycles. The van der Waals surface area contributed by atoms with Gasteiger partial charge in [-0.15, -0.1) is 0 Å². The Labute approximate surface area is 192 Å². The van der Waals surface area contributed by atoms with Crippen molar-refractivity contribution < 1.29 is 24.8 Å². The van der Waals surface area contributed by atoms with E-state index in [4.69, 9.17) is 4.42 Å². The number of phenols is 4. The van der Waals surface area contributed by atoms with Gasteiger partial charge in [0, 0.05) is 22.8 Å². The number of aromatic hydroxyl groups is 4. The predicted octanol–water partition coefficient (Wildman–Crippen LogP) is 5.67. The summed E-state index contributed by atoms with van der Waals surface area (Å²) >= 11 is 2.13. The molecule has 0 aliphatic heterocycles. The van der Waals surface area contributed by atoms with Crippen LogP contribution in [0.2, 0.25) is 0 Å². The lowest BCUT2D eigenvalue weighted by molar-refractivity contribution is 0.440. The third-order valence-electron chi connectivity index (χ3n) is 4.97. The molecule has 31 heavy (non-hydrogen) atoms. The van der Waals surface area contributed by atoms with Crippen LogP contribution in [0.1, 0.15) is 31.9 Å². The van der Waals surface area contributed by atoms with Gasteiger partial charge in [0.05, 0.1) is 5.56 Å². The van der Waals surface area contributed by atoms with Crippen LogP contribution in [-0.2, 0) is 12.8 Å². The quantitative estimate of drug-likeness (QED) is 0.248. The van der Waals surface area contributed by atoms with Crippen LogP contribution in [-0.4, -0.2) is 20.4 Å². The lowest BCUT2D eigenvalue weighted by Gasteiger charge is -2.12. The smallest absolute Gasteiger partial charge is 0.204 e. The zero-order chi connectivity index (χ0) is 22.9. The average Bonchev–Trinajstić information content (AvgIpc) is 2.68. The number of hydrogen-bond donors (Lipinski definition) is 4. The number of benzene rings is 2. The Morgan fingerprint density at radius 2 is 1.58 bits per heavy atom. The molecule has 4 N–H and O–H groups in total. The van der Waals surface area contributed by atoms with Crippen LogP contribution in [0.4, 0.5) is 0 Å². The van der Waals surface area contributed by atoms with Crippen molar-refractivity contribution in [2.75, 3.05) is 0 Å². The Hall–Kier alpha value is -2.94. The lowest BCUT2D eigenvalue weighted by atomic mass is 9.97. The highest BCUT2D eigenvalue weighted by Gasteiger charge is 2.21. The fourth-order valence-electron chi connectivity index (χ4n) is 3.28. The lowest BCUT2D eigenvalue weighted by Crippen LogP contribution is -2.06. The number of allylic oxidation sites excluding steroid dienone is 4. The van der Waals surface area contributed by atoms with Crippen molar-refractivity contribution in [3.8, 4) is 34.1 Å². The molecule has 0 fully saturated rings. The highest BCUT2D eigenvalue weighted by atomic mass is 127. The third kappa shape index (κ3) is 4.56. The van der Waals surface area contributed by atoms with E-state index in [1.54, 1.807) is 0 Å². The van der Waals surface area contributed by atoms with Gasteiger partial charge in [0.15, 0.2) is 0 Å². The summed E-state index contributed by atoms with van der Waals surface area (Å²) < 4.78 is 6.51. The Balaban J connectivity index is 2.24. The second kappa shape index (κ2) is 9.05. The first kappa shape index (κ1) is 22.7. The summed E-state index contributed by atoms with van der Waals surface area (Å²) in [5, 5.41) is 41.9. The summed E-state index contributed by atoms with van der Waals surface area (Å²) in [4.78, 5) is 13.3. The summed E-state index contributed by atoms with van der Waals surface area (Å²) in [5.41, 5.74) is 1.20. The maximum Gasteiger partial charge on any atom is 0.204 e. The fourth-order valence-corrected chi connectivity index (χ4v) is 3.50. The summed E-state index contributed by atoms with van der Waals surface area (Å²) in [7, 11) is 0. The van der Waals surface area contributed by atoms with E-state index in [0.717, 1.165) is 9.15 Å². The van der Waals surface area contributed by atoms with Crippen LogP contribution in [0, 0.1) is 0 Å². The van der Waals surface area contributed by atoms with Crippen LogP contribution < -0.4 is 5.43 Å². The number of phenolic OH excluding ortho intramolecular Hbond substituents is 4. The second-order valence-electron chi connectivity index (χ2n) is 7.51. The van der Waals surface area contributed by atoms with Gasteiger partial charge >= 0.3 is 0 Å². The van der Waals surface area contributed by atoms with Gasteiger partial charge in [0.2, 0.25) is 5.43 Å².